The third-order valence-corrected chi connectivity index (χ3v) is 2.50. The number of hydrogen-bond donors (Lipinski definition) is 3. The van der Waals surface area contributed by atoms with Crippen molar-refractivity contribution >= 4 is 0 Å². The van der Waals surface area contributed by atoms with E-state index in [2.05, 4.69) is 5.32 Å². The molecule has 0 aliphatic carbocycles. The van der Waals surface area contributed by atoms with Gasteiger partial charge < -0.3 is 15.5 Å². The summed E-state index contributed by atoms with van der Waals surface area (Å²) in [6.07, 6.45) is 0.792. The zero-order valence-corrected chi connectivity index (χ0v) is 7.33. The lowest BCUT2D eigenvalue weighted by atomic mass is 9.95. The van der Waals surface area contributed by atoms with Crippen molar-refractivity contribution in [2.75, 3.05) is 6.61 Å². The third-order valence-electron chi connectivity index (χ3n) is 2.50. The van der Waals surface area contributed by atoms with Crippen LogP contribution in [0.3, 0.4) is 0 Å². The fraction of sp³-hybridized carbons (Fsp3) is 0.400. The smallest absolute Gasteiger partial charge is 0.120 e. The summed E-state index contributed by atoms with van der Waals surface area (Å²) in [5.41, 5.74) is 2.10. The molecular weight excluding hydrogens is 166 g/mol. The first-order valence-electron chi connectivity index (χ1n) is 4.45. The lowest BCUT2D eigenvalue weighted by molar-refractivity contribution is 0.235. The molecular formula is C10H13NO2. The summed E-state index contributed by atoms with van der Waals surface area (Å²) < 4.78 is 0. The fourth-order valence-corrected chi connectivity index (χ4v) is 1.73. The van der Waals surface area contributed by atoms with Crippen LogP contribution in [0.25, 0.3) is 0 Å². The molecule has 2 rings (SSSR count). The molecule has 1 aliphatic rings. The maximum absolute atomic E-state index is 9.51. The van der Waals surface area contributed by atoms with Crippen LogP contribution in [-0.2, 0) is 13.0 Å². The van der Waals surface area contributed by atoms with Crippen LogP contribution in [-0.4, -0.2) is 22.9 Å². The lowest BCUT2D eigenvalue weighted by Gasteiger charge is -2.24. The second-order valence-corrected chi connectivity index (χ2v) is 3.38. The summed E-state index contributed by atoms with van der Waals surface area (Å²) in [4.78, 5) is 0. The minimum Gasteiger partial charge on any atom is -0.508 e. The highest BCUT2D eigenvalue weighted by Gasteiger charge is 2.18. The highest BCUT2D eigenvalue weighted by Crippen LogP contribution is 2.24. The van der Waals surface area contributed by atoms with Gasteiger partial charge in [-0.05, 0) is 18.1 Å². The first kappa shape index (κ1) is 8.53. The van der Waals surface area contributed by atoms with Crippen LogP contribution < -0.4 is 5.32 Å². The van der Waals surface area contributed by atoms with E-state index in [9.17, 15) is 5.11 Å². The minimum atomic E-state index is 0.134. The second kappa shape index (κ2) is 3.36. The molecule has 0 saturated carbocycles. The Bertz CT molecular complexity index is 312. The van der Waals surface area contributed by atoms with Gasteiger partial charge in [-0.2, -0.15) is 0 Å². The highest BCUT2D eigenvalue weighted by molar-refractivity contribution is 5.40. The number of aromatic hydroxyl groups is 1. The van der Waals surface area contributed by atoms with Crippen LogP contribution in [0, 0.1) is 0 Å². The minimum absolute atomic E-state index is 0.134. The van der Waals surface area contributed by atoms with Crippen LogP contribution >= 0.6 is 0 Å². The van der Waals surface area contributed by atoms with Crippen molar-refractivity contribution in [2.24, 2.45) is 0 Å². The number of nitrogens with one attached hydrogen (secondary N) is 1. The molecule has 0 fully saturated rings. The summed E-state index contributed by atoms with van der Waals surface area (Å²) in [6, 6.07) is 5.67. The molecule has 70 valence electrons. The first-order valence-corrected chi connectivity index (χ1v) is 4.45. The molecule has 1 aromatic carbocycles. The molecule has 3 N–H and O–H groups in total. The molecule has 0 aromatic heterocycles. The molecule has 1 atom stereocenters. The van der Waals surface area contributed by atoms with Crippen molar-refractivity contribution in [1.82, 2.24) is 5.32 Å². The predicted octanol–water partition coefficient (Wildman–Crippen LogP) is 0.399. The van der Waals surface area contributed by atoms with Crippen molar-refractivity contribution in [3.05, 3.63) is 29.3 Å². The Kier molecular flexibility index (Phi) is 2.20. The molecule has 1 heterocycles. The third kappa shape index (κ3) is 1.53. The van der Waals surface area contributed by atoms with Gasteiger partial charge in [-0.25, -0.2) is 0 Å². The summed E-state index contributed by atoms with van der Waals surface area (Å²) in [5, 5.41) is 21.6. The number of aliphatic hydroxyl groups is 1. The van der Waals surface area contributed by atoms with E-state index < -0.39 is 0 Å². The average Bonchev–Trinajstić information content (AvgIpc) is 2.18. The summed E-state index contributed by atoms with van der Waals surface area (Å²) in [5.74, 6) is 0.349. The monoisotopic (exact) mass is 179 g/mol. The summed E-state index contributed by atoms with van der Waals surface area (Å²) in [7, 11) is 0. The van der Waals surface area contributed by atoms with E-state index >= 15 is 0 Å². The van der Waals surface area contributed by atoms with Crippen LogP contribution in [0.15, 0.2) is 18.2 Å². The van der Waals surface area contributed by atoms with Crippen LogP contribution in [0.4, 0.5) is 0 Å². The van der Waals surface area contributed by atoms with E-state index in [0.717, 1.165) is 17.5 Å². The fourth-order valence-electron chi connectivity index (χ4n) is 1.73. The van der Waals surface area contributed by atoms with Crippen molar-refractivity contribution < 1.29 is 10.2 Å². The van der Waals surface area contributed by atoms with Gasteiger partial charge in [0.2, 0.25) is 0 Å². The molecule has 0 bridgehead atoms. The van der Waals surface area contributed by atoms with Crippen LogP contribution in [0.5, 0.6) is 5.75 Å². The predicted molar refractivity (Wildman–Crippen MR) is 49.5 cm³/mol. The Balaban J connectivity index is 2.31. The number of rotatable bonds is 1. The number of aliphatic hydroxyl groups excluding tert-OH is 1. The van der Waals surface area contributed by atoms with Crippen LogP contribution in [0.1, 0.15) is 11.1 Å². The molecule has 3 heteroatoms. The van der Waals surface area contributed by atoms with E-state index in [1.807, 2.05) is 12.1 Å². The molecule has 1 aromatic rings. The largest absolute Gasteiger partial charge is 0.508 e. The quantitative estimate of drug-likeness (QED) is 0.585. The normalized spacial score (nSPS) is 21.2. The number of phenols is 1. The maximum atomic E-state index is 9.51. The van der Waals surface area contributed by atoms with Gasteiger partial charge in [0.25, 0.3) is 0 Å². The van der Waals surface area contributed by atoms with E-state index in [-0.39, 0.29) is 12.6 Å². The van der Waals surface area contributed by atoms with Crippen molar-refractivity contribution in [3.8, 4) is 5.75 Å². The number of hydrogen-bond acceptors (Lipinski definition) is 3. The Morgan fingerprint density at radius 2 is 2.31 bits per heavy atom. The molecule has 0 radical (unpaired) electrons. The standard InChI is InChI=1S/C10H13NO2/c12-6-8-4-7-2-1-3-10(13)9(7)5-11-8/h1-3,8,11-13H,4-6H2/t8-/m0/s1. The molecule has 13 heavy (non-hydrogen) atoms. The Morgan fingerprint density at radius 1 is 1.46 bits per heavy atom. The Hall–Kier alpha value is -1.06. The van der Waals surface area contributed by atoms with Crippen LogP contribution in [0.2, 0.25) is 0 Å². The summed E-state index contributed by atoms with van der Waals surface area (Å²) in [6.45, 7) is 0.794. The molecule has 0 spiro atoms. The topological polar surface area (TPSA) is 52.5 Å². The first-order chi connectivity index (χ1) is 6.31. The van der Waals surface area contributed by atoms with Gasteiger partial charge in [0.15, 0.2) is 0 Å². The van der Waals surface area contributed by atoms with Gasteiger partial charge in [0.05, 0.1) is 6.61 Å². The van der Waals surface area contributed by atoms with Gasteiger partial charge in [0, 0.05) is 18.2 Å². The van der Waals surface area contributed by atoms with E-state index in [0.29, 0.717) is 12.3 Å². The number of phenolic OH excluding ortho intramolecular Hbond substituents is 1. The second-order valence-electron chi connectivity index (χ2n) is 3.38. The van der Waals surface area contributed by atoms with Gasteiger partial charge in [0.1, 0.15) is 5.75 Å². The van der Waals surface area contributed by atoms with Gasteiger partial charge in [-0.1, -0.05) is 12.1 Å². The highest BCUT2D eigenvalue weighted by atomic mass is 16.3. The van der Waals surface area contributed by atoms with Crippen molar-refractivity contribution in [3.63, 3.8) is 0 Å². The van der Waals surface area contributed by atoms with E-state index in [4.69, 9.17) is 5.11 Å². The maximum Gasteiger partial charge on any atom is 0.120 e. The lowest BCUT2D eigenvalue weighted by Crippen LogP contribution is -2.38. The van der Waals surface area contributed by atoms with E-state index in [1.54, 1.807) is 6.07 Å². The number of benzene rings is 1. The Labute approximate surface area is 77.0 Å². The molecule has 0 amide bonds. The number of fused-ring (bicyclic) bond motifs is 1. The molecule has 0 unspecified atom stereocenters. The molecule has 1 aliphatic heterocycles. The van der Waals surface area contributed by atoms with Crippen molar-refractivity contribution in [2.45, 2.75) is 19.0 Å². The van der Waals surface area contributed by atoms with Gasteiger partial charge in [-0.15, -0.1) is 0 Å². The van der Waals surface area contributed by atoms with Crippen molar-refractivity contribution in [1.29, 1.82) is 0 Å². The van der Waals surface area contributed by atoms with E-state index in [1.165, 1.54) is 0 Å². The zero-order valence-electron chi connectivity index (χ0n) is 7.33. The molecule has 3 nitrogen and oxygen atoms in total. The average molecular weight is 179 g/mol. The van der Waals surface area contributed by atoms with Gasteiger partial charge in [-0.3, -0.25) is 0 Å². The SMILES string of the molecule is OC[C@@H]1Cc2cccc(O)c2CN1. The van der Waals surface area contributed by atoms with Gasteiger partial charge >= 0.3 is 0 Å². The summed E-state index contributed by atoms with van der Waals surface area (Å²) >= 11 is 0. The molecule has 0 saturated heterocycles. The zero-order chi connectivity index (χ0) is 9.26. The Morgan fingerprint density at radius 3 is 3.08 bits per heavy atom.